The van der Waals surface area contributed by atoms with Crippen LogP contribution in [-0.2, 0) is 17.6 Å². The number of furan rings is 1. The molecule has 2 saturated heterocycles. The number of benzene rings is 1. The van der Waals surface area contributed by atoms with Gasteiger partial charge in [-0.1, -0.05) is 24.6 Å². The molecule has 0 bridgehead atoms. The molecule has 1 aromatic carbocycles. The van der Waals surface area contributed by atoms with Crippen molar-refractivity contribution < 1.29 is 18.4 Å². The molecule has 1 aromatic heterocycles. The fraction of sp³-hybridized carbons (Fsp3) is 0.520. The lowest BCUT2D eigenvalue weighted by Gasteiger charge is -2.34. The molecule has 164 valence electrons. The van der Waals surface area contributed by atoms with E-state index in [-0.39, 0.29) is 23.5 Å². The summed E-state index contributed by atoms with van der Waals surface area (Å²) < 4.78 is 20.8. The van der Waals surface area contributed by atoms with Crippen molar-refractivity contribution in [1.29, 1.82) is 0 Å². The minimum Gasteiger partial charge on any atom is -0.465 e. The predicted molar refractivity (Wildman–Crippen MR) is 114 cm³/mol. The molecule has 1 N–H and O–H groups in total. The lowest BCUT2D eigenvalue weighted by Crippen LogP contribution is -2.53. The van der Waals surface area contributed by atoms with Crippen molar-refractivity contribution in [3.05, 3.63) is 58.3 Å². The van der Waals surface area contributed by atoms with Gasteiger partial charge in [-0.2, -0.15) is 0 Å². The zero-order chi connectivity index (χ0) is 21.6. The number of halogens is 1. The van der Waals surface area contributed by atoms with Crippen molar-refractivity contribution in [1.82, 2.24) is 10.2 Å². The van der Waals surface area contributed by atoms with E-state index >= 15 is 0 Å². The minimum atomic E-state index is -0.636. The highest BCUT2D eigenvalue weighted by Gasteiger charge is 2.51. The number of hydrogen-bond acceptors (Lipinski definition) is 3. The van der Waals surface area contributed by atoms with Crippen LogP contribution in [0.1, 0.15) is 77.4 Å². The van der Waals surface area contributed by atoms with Crippen LogP contribution in [0, 0.1) is 12.7 Å². The fourth-order valence-corrected chi connectivity index (χ4v) is 5.87. The van der Waals surface area contributed by atoms with Crippen LogP contribution in [0.25, 0.3) is 0 Å². The van der Waals surface area contributed by atoms with Gasteiger partial charge >= 0.3 is 0 Å². The number of likely N-dealkylation sites (tertiary alicyclic amines) is 1. The van der Waals surface area contributed by atoms with Crippen molar-refractivity contribution in [3.8, 4) is 0 Å². The SMILES string of the molecule is Cc1oc2c(c1C(=O)N1C[C@@H](c3ccccc3F)[C@@]3(CCCCC(=O)N3)C1)CCCC2. The summed E-state index contributed by atoms with van der Waals surface area (Å²) in [6.45, 7) is 2.65. The van der Waals surface area contributed by atoms with Gasteiger partial charge in [-0.25, -0.2) is 4.39 Å². The highest BCUT2D eigenvalue weighted by Crippen LogP contribution is 2.43. The van der Waals surface area contributed by atoms with Crippen LogP contribution in [0.15, 0.2) is 28.7 Å². The largest absolute Gasteiger partial charge is 0.465 e. The third kappa shape index (κ3) is 3.46. The quantitative estimate of drug-likeness (QED) is 0.783. The Morgan fingerprint density at radius 1 is 1.16 bits per heavy atom. The van der Waals surface area contributed by atoms with Crippen LogP contribution in [-0.4, -0.2) is 35.3 Å². The monoisotopic (exact) mass is 424 g/mol. The van der Waals surface area contributed by atoms with E-state index in [1.165, 1.54) is 6.07 Å². The third-order valence-corrected chi connectivity index (χ3v) is 7.34. The van der Waals surface area contributed by atoms with E-state index in [0.29, 0.717) is 36.4 Å². The average molecular weight is 425 g/mol. The molecule has 3 heterocycles. The summed E-state index contributed by atoms with van der Waals surface area (Å²) in [5, 5.41) is 3.21. The maximum atomic E-state index is 14.8. The van der Waals surface area contributed by atoms with E-state index in [0.717, 1.165) is 56.3 Å². The zero-order valence-corrected chi connectivity index (χ0v) is 18.0. The number of hydrogen-bond donors (Lipinski definition) is 1. The van der Waals surface area contributed by atoms with E-state index < -0.39 is 5.54 Å². The molecule has 0 radical (unpaired) electrons. The van der Waals surface area contributed by atoms with Crippen molar-refractivity contribution >= 4 is 11.8 Å². The highest BCUT2D eigenvalue weighted by molar-refractivity contribution is 5.97. The maximum Gasteiger partial charge on any atom is 0.257 e. The average Bonchev–Trinajstić information content (AvgIpc) is 3.21. The summed E-state index contributed by atoms with van der Waals surface area (Å²) in [7, 11) is 0. The molecule has 2 aliphatic heterocycles. The molecular weight excluding hydrogens is 395 g/mol. The number of aryl methyl sites for hydroxylation is 2. The van der Waals surface area contributed by atoms with Gasteiger partial charge in [-0.15, -0.1) is 0 Å². The van der Waals surface area contributed by atoms with Gasteiger partial charge in [-0.05, 0) is 50.7 Å². The van der Waals surface area contributed by atoms with Gasteiger partial charge in [-0.3, -0.25) is 9.59 Å². The molecule has 2 atom stereocenters. The number of carbonyl (C=O) groups is 2. The summed E-state index contributed by atoms with van der Waals surface area (Å²) >= 11 is 0. The fourth-order valence-electron chi connectivity index (χ4n) is 5.87. The molecule has 6 heteroatoms. The summed E-state index contributed by atoms with van der Waals surface area (Å²) in [6, 6.07) is 6.75. The van der Waals surface area contributed by atoms with Gasteiger partial charge in [0.2, 0.25) is 5.91 Å². The highest BCUT2D eigenvalue weighted by atomic mass is 19.1. The first kappa shape index (κ1) is 20.3. The van der Waals surface area contributed by atoms with E-state index in [9.17, 15) is 14.0 Å². The van der Waals surface area contributed by atoms with Crippen LogP contribution >= 0.6 is 0 Å². The summed E-state index contributed by atoms with van der Waals surface area (Å²) in [6.07, 6.45) is 6.80. The molecule has 2 fully saturated rings. The summed E-state index contributed by atoms with van der Waals surface area (Å²) in [5.41, 5.74) is 1.66. The Morgan fingerprint density at radius 2 is 1.94 bits per heavy atom. The first-order chi connectivity index (χ1) is 15.0. The smallest absolute Gasteiger partial charge is 0.257 e. The van der Waals surface area contributed by atoms with E-state index in [2.05, 4.69) is 5.32 Å². The van der Waals surface area contributed by atoms with Gasteiger partial charge in [0, 0.05) is 37.4 Å². The van der Waals surface area contributed by atoms with Crippen molar-refractivity contribution in [3.63, 3.8) is 0 Å². The van der Waals surface area contributed by atoms with E-state index in [1.54, 1.807) is 12.1 Å². The van der Waals surface area contributed by atoms with Crippen LogP contribution in [0.5, 0.6) is 0 Å². The first-order valence-corrected chi connectivity index (χ1v) is 11.4. The Morgan fingerprint density at radius 3 is 2.77 bits per heavy atom. The molecule has 1 aliphatic carbocycles. The van der Waals surface area contributed by atoms with Gasteiger partial charge < -0.3 is 14.6 Å². The normalized spacial score (nSPS) is 25.9. The molecule has 5 rings (SSSR count). The number of rotatable bonds is 2. The van der Waals surface area contributed by atoms with Gasteiger partial charge in [0.05, 0.1) is 11.1 Å². The lowest BCUT2D eigenvalue weighted by atomic mass is 9.78. The van der Waals surface area contributed by atoms with E-state index in [1.807, 2.05) is 17.9 Å². The molecule has 5 nitrogen and oxygen atoms in total. The second kappa shape index (κ2) is 7.81. The molecule has 0 saturated carbocycles. The standard InChI is InChI=1S/C25H29FN2O3/c1-16-23(18-9-3-5-11-21(18)31-16)24(30)28-14-19(17-8-2-4-10-20(17)26)25(15-28)13-7-6-12-22(29)27-25/h2,4,8,10,19H,3,5-7,9,11-15H2,1H3,(H,27,29)/t19-,25+/m0/s1. The van der Waals surface area contributed by atoms with Crippen molar-refractivity contribution in [2.75, 3.05) is 13.1 Å². The number of fused-ring (bicyclic) bond motifs is 1. The second-order valence-corrected chi connectivity index (χ2v) is 9.31. The van der Waals surface area contributed by atoms with Gasteiger partial charge in [0.15, 0.2) is 0 Å². The zero-order valence-electron chi connectivity index (χ0n) is 18.0. The lowest BCUT2D eigenvalue weighted by molar-refractivity contribution is -0.122. The third-order valence-electron chi connectivity index (χ3n) is 7.34. The van der Waals surface area contributed by atoms with Crippen molar-refractivity contribution in [2.45, 2.75) is 69.7 Å². The maximum absolute atomic E-state index is 14.8. The van der Waals surface area contributed by atoms with Crippen LogP contribution < -0.4 is 5.32 Å². The Kier molecular flexibility index (Phi) is 5.11. The van der Waals surface area contributed by atoms with Crippen LogP contribution in [0.4, 0.5) is 4.39 Å². The second-order valence-electron chi connectivity index (χ2n) is 9.31. The Balaban J connectivity index is 1.53. The molecule has 2 aromatic rings. The topological polar surface area (TPSA) is 62.6 Å². The molecule has 1 spiro atoms. The molecular formula is C25H29FN2O3. The molecule has 0 unspecified atom stereocenters. The number of carbonyl (C=O) groups excluding carboxylic acids is 2. The minimum absolute atomic E-state index is 0.00925. The van der Waals surface area contributed by atoms with Crippen molar-refractivity contribution in [2.24, 2.45) is 0 Å². The molecule has 31 heavy (non-hydrogen) atoms. The number of nitrogens with one attached hydrogen (secondary N) is 1. The van der Waals surface area contributed by atoms with Crippen LogP contribution in [0.3, 0.4) is 0 Å². The molecule has 2 amide bonds. The van der Waals surface area contributed by atoms with Gasteiger partial charge in [0.1, 0.15) is 17.3 Å². The first-order valence-electron chi connectivity index (χ1n) is 11.4. The predicted octanol–water partition coefficient (Wildman–Crippen LogP) is 4.27. The number of nitrogens with zero attached hydrogens (tertiary/aromatic N) is 1. The Hall–Kier alpha value is -2.63. The number of amides is 2. The summed E-state index contributed by atoms with van der Waals surface area (Å²) in [4.78, 5) is 28.1. The Labute approximate surface area is 182 Å². The van der Waals surface area contributed by atoms with Gasteiger partial charge in [0.25, 0.3) is 5.91 Å². The summed E-state index contributed by atoms with van der Waals surface area (Å²) in [5.74, 6) is 0.991. The molecule has 3 aliphatic rings. The Bertz CT molecular complexity index is 1030. The van der Waals surface area contributed by atoms with Crippen LogP contribution in [0.2, 0.25) is 0 Å². The van der Waals surface area contributed by atoms with E-state index in [4.69, 9.17) is 4.42 Å².